The van der Waals surface area contributed by atoms with E-state index in [0.29, 0.717) is 11.1 Å². The molecule has 2 amide bonds. The number of rotatable bonds is 2. The number of H-pyrrole nitrogens is 1. The van der Waals surface area contributed by atoms with Crippen LogP contribution in [-0.4, -0.2) is 26.7 Å². The molecule has 3 heterocycles. The van der Waals surface area contributed by atoms with E-state index in [9.17, 15) is 9.59 Å². The molecule has 0 saturated heterocycles. The van der Waals surface area contributed by atoms with E-state index in [1.807, 2.05) is 36.0 Å². The van der Waals surface area contributed by atoms with Crippen LogP contribution in [0, 0.1) is 0 Å². The van der Waals surface area contributed by atoms with Gasteiger partial charge in [-0.15, -0.1) is 0 Å². The number of aryl methyl sites for hydroxylation is 2. The standard InChI is InChI=1S/C23H16BrN3O2/c1-27-10-8-12-5-6-14-16(21(12)27)18-17(22(28)26-23(18)29)15-13-4-2-3-11(7-9-24)19(13)25-20(14)15/h2-6,8,10,25H,7,9H2,1H3,(H,26,28,29). The van der Waals surface area contributed by atoms with Crippen LogP contribution in [0.2, 0.25) is 0 Å². The summed E-state index contributed by atoms with van der Waals surface area (Å²) in [5, 5.41) is 8.02. The number of halogens is 1. The fourth-order valence-electron chi connectivity index (χ4n) is 4.83. The highest BCUT2D eigenvalue weighted by atomic mass is 79.9. The predicted octanol–water partition coefficient (Wildman–Crippen LogP) is 4.79. The van der Waals surface area contributed by atoms with Crippen molar-refractivity contribution < 1.29 is 9.59 Å². The van der Waals surface area contributed by atoms with Gasteiger partial charge in [0, 0.05) is 51.0 Å². The first-order valence-corrected chi connectivity index (χ1v) is 10.6. The molecular formula is C23H16BrN3O2. The molecule has 0 spiro atoms. The van der Waals surface area contributed by atoms with Gasteiger partial charge in [0.05, 0.1) is 22.2 Å². The van der Waals surface area contributed by atoms with E-state index >= 15 is 0 Å². The Morgan fingerprint density at radius 3 is 2.48 bits per heavy atom. The summed E-state index contributed by atoms with van der Waals surface area (Å²) in [4.78, 5) is 29.4. The normalized spacial score (nSPS) is 13.9. The SMILES string of the molecule is Cn1ccc2ccc3c4[nH]c5c(CCBr)cccc5c4c4c(c3c21)C(=O)NC4=O. The Morgan fingerprint density at radius 2 is 1.69 bits per heavy atom. The fraction of sp³-hybridized carbons (Fsp3) is 0.130. The van der Waals surface area contributed by atoms with E-state index in [-0.39, 0.29) is 11.8 Å². The van der Waals surface area contributed by atoms with Crippen LogP contribution in [0.4, 0.5) is 0 Å². The zero-order chi connectivity index (χ0) is 19.9. The van der Waals surface area contributed by atoms with Crippen LogP contribution >= 0.6 is 15.9 Å². The average molecular weight is 446 g/mol. The van der Waals surface area contributed by atoms with E-state index in [0.717, 1.165) is 55.2 Å². The van der Waals surface area contributed by atoms with Gasteiger partial charge < -0.3 is 9.55 Å². The Kier molecular flexibility index (Phi) is 3.30. The van der Waals surface area contributed by atoms with Crippen LogP contribution in [0.1, 0.15) is 26.3 Å². The molecular weight excluding hydrogens is 430 g/mol. The second-order valence-corrected chi connectivity index (χ2v) is 8.33. The minimum atomic E-state index is -0.324. The molecule has 0 fully saturated rings. The van der Waals surface area contributed by atoms with Crippen LogP contribution in [0.5, 0.6) is 0 Å². The van der Waals surface area contributed by atoms with Gasteiger partial charge in [0.25, 0.3) is 11.8 Å². The lowest BCUT2D eigenvalue weighted by atomic mass is 9.93. The number of fused-ring (bicyclic) bond motifs is 10. The van der Waals surface area contributed by atoms with Gasteiger partial charge in [-0.25, -0.2) is 0 Å². The van der Waals surface area contributed by atoms with Crippen LogP contribution in [0.15, 0.2) is 42.6 Å². The number of alkyl halides is 1. The summed E-state index contributed by atoms with van der Waals surface area (Å²) in [5.74, 6) is -0.647. The molecule has 2 aromatic heterocycles. The van der Waals surface area contributed by atoms with Crippen molar-refractivity contribution in [1.82, 2.24) is 14.9 Å². The Morgan fingerprint density at radius 1 is 0.931 bits per heavy atom. The van der Waals surface area contributed by atoms with Gasteiger partial charge in [-0.3, -0.25) is 14.9 Å². The maximum atomic E-state index is 12.9. The number of imide groups is 1. The van der Waals surface area contributed by atoms with Crippen LogP contribution in [0.3, 0.4) is 0 Å². The second kappa shape index (κ2) is 5.70. The monoisotopic (exact) mass is 445 g/mol. The number of amides is 2. The number of aromatic amines is 1. The highest BCUT2D eigenvalue weighted by Crippen LogP contribution is 2.42. The number of carbonyl (C=O) groups excluding carboxylic acids is 2. The van der Waals surface area contributed by atoms with E-state index in [1.165, 1.54) is 5.56 Å². The molecule has 1 aliphatic rings. The van der Waals surface area contributed by atoms with E-state index in [1.54, 1.807) is 0 Å². The number of hydrogen-bond acceptors (Lipinski definition) is 2. The molecule has 6 heteroatoms. The van der Waals surface area contributed by atoms with Gasteiger partial charge in [-0.2, -0.15) is 0 Å². The molecule has 5 nitrogen and oxygen atoms in total. The second-order valence-electron chi connectivity index (χ2n) is 7.54. The van der Waals surface area contributed by atoms with Gasteiger partial charge in [0.1, 0.15) is 0 Å². The van der Waals surface area contributed by atoms with Crippen molar-refractivity contribution in [3.8, 4) is 0 Å². The third-order valence-corrected chi connectivity index (χ3v) is 6.42. The molecule has 1 aliphatic heterocycles. The van der Waals surface area contributed by atoms with E-state index in [2.05, 4.69) is 44.4 Å². The van der Waals surface area contributed by atoms with Crippen molar-refractivity contribution in [2.75, 3.05) is 5.33 Å². The van der Waals surface area contributed by atoms with Gasteiger partial charge >= 0.3 is 0 Å². The first-order valence-electron chi connectivity index (χ1n) is 9.48. The largest absolute Gasteiger partial charge is 0.354 e. The lowest BCUT2D eigenvalue weighted by molar-refractivity contribution is 0.0880. The minimum absolute atomic E-state index is 0.323. The summed E-state index contributed by atoms with van der Waals surface area (Å²) in [6.45, 7) is 0. The summed E-state index contributed by atoms with van der Waals surface area (Å²) in [6.07, 6.45) is 2.85. The van der Waals surface area contributed by atoms with Crippen LogP contribution < -0.4 is 5.32 Å². The van der Waals surface area contributed by atoms with Crippen LogP contribution in [0.25, 0.3) is 43.5 Å². The lowest BCUT2D eigenvalue weighted by Gasteiger charge is -2.09. The summed E-state index contributed by atoms with van der Waals surface area (Å²) in [5.41, 5.74) is 5.04. The molecule has 0 aliphatic carbocycles. The maximum absolute atomic E-state index is 12.9. The molecule has 0 unspecified atom stereocenters. The molecule has 6 rings (SSSR count). The molecule has 29 heavy (non-hydrogen) atoms. The van der Waals surface area contributed by atoms with Crippen molar-refractivity contribution in [2.24, 2.45) is 7.05 Å². The summed E-state index contributed by atoms with van der Waals surface area (Å²) >= 11 is 3.53. The summed E-state index contributed by atoms with van der Waals surface area (Å²) in [7, 11) is 1.96. The highest BCUT2D eigenvalue weighted by molar-refractivity contribution is 9.09. The number of carbonyl (C=O) groups is 2. The quantitative estimate of drug-likeness (QED) is 0.303. The van der Waals surface area contributed by atoms with Gasteiger partial charge in [0.2, 0.25) is 0 Å². The molecule has 0 atom stereocenters. The third-order valence-electron chi connectivity index (χ3n) is 6.02. The highest BCUT2D eigenvalue weighted by Gasteiger charge is 2.34. The molecule has 5 aromatic rings. The van der Waals surface area contributed by atoms with Gasteiger partial charge in [-0.05, 0) is 18.1 Å². The zero-order valence-electron chi connectivity index (χ0n) is 15.6. The fourth-order valence-corrected chi connectivity index (χ4v) is 5.26. The number of benzene rings is 3. The number of nitrogens with zero attached hydrogens (tertiary/aromatic N) is 1. The molecule has 142 valence electrons. The Bertz CT molecular complexity index is 1540. The molecule has 0 radical (unpaired) electrons. The van der Waals surface area contributed by atoms with Crippen LogP contribution in [-0.2, 0) is 13.5 Å². The third kappa shape index (κ3) is 2.04. The number of aromatic nitrogens is 2. The molecule has 0 saturated carbocycles. The smallest absolute Gasteiger partial charge is 0.259 e. The van der Waals surface area contributed by atoms with Crippen molar-refractivity contribution in [1.29, 1.82) is 0 Å². The van der Waals surface area contributed by atoms with E-state index in [4.69, 9.17) is 0 Å². The topological polar surface area (TPSA) is 66.9 Å². The zero-order valence-corrected chi connectivity index (χ0v) is 17.2. The Hall–Kier alpha value is -3.12. The first kappa shape index (κ1) is 16.8. The molecule has 2 N–H and O–H groups in total. The van der Waals surface area contributed by atoms with E-state index < -0.39 is 0 Å². The number of hydrogen-bond donors (Lipinski definition) is 2. The summed E-state index contributed by atoms with van der Waals surface area (Å²) in [6, 6.07) is 12.3. The maximum Gasteiger partial charge on any atom is 0.259 e. The van der Waals surface area contributed by atoms with Gasteiger partial charge in [0.15, 0.2) is 0 Å². The lowest BCUT2D eigenvalue weighted by Crippen LogP contribution is -2.20. The number of nitrogens with one attached hydrogen (secondary N) is 2. The van der Waals surface area contributed by atoms with Crippen molar-refractivity contribution in [3.05, 3.63) is 59.3 Å². The average Bonchev–Trinajstić information content (AvgIpc) is 3.36. The van der Waals surface area contributed by atoms with Crippen molar-refractivity contribution in [2.45, 2.75) is 6.42 Å². The molecule has 3 aromatic carbocycles. The van der Waals surface area contributed by atoms with Crippen molar-refractivity contribution >= 4 is 71.2 Å². The first-order chi connectivity index (χ1) is 14.1. The molecule has 0 bridgehead atoms. The Labute approximate surface area is 173 Å². The predicted molar refractivity (Wildman–Crippen MR) is 119 cm³/mol. The Balaban J connectivity index is 1.95. The van der Waals surface area contributed by atoms with Crippen molar-refractivity contribution in [3.63, 3.8) is 0 Å². The minimum Gasteiger partial charge on any atom is -0.354 e. The summed E-state index contributed by atoms with van der Waals surface area (Å²) < 4.78 is 2.01. The number of para-hydroxylation sites is 1. The van der Waals surface area contributed by atoms with Gasteiger partial charge in [-0.1, -0.05) is 46.3 Å².